The number of rotatable bonds is 3. The van der Waals surface area contributed by atoms with Gasteiger partial charge in [0.25, 0.3) is 0 Å². The number of pyridine rings is 1. The van der Waals surface area contributed by atoms with Gasteiger partial charge in [-0.05, 0) is 23.8 Å². The van der Waals surface area contributed by atoms with Crippen molar-refractivity contribution in [3.05, 3.63) is 52.1 Å². The van der Waals surface area contributed by atoms with Gasteiger partial charge in [-0.1, -0.05) is 41.4 Å². The molecule has 94 valence electrons. The van der Waals surface area contributed by atoms with Crippen molar-refractivity contribution in [1.29, 1.82) is 0 Å². The molecule has 1 aromatic carbocycles. The first kappa shape index (κ1) is 13.0. The number of nitrogen functional groups attached to an aromatic ring is 1. The van der Waals surface area contributed by atoms with Gasteiger partial charge in [0.2, 0.25) is 0 Å². The summed E-state index contributed by atoms with van der Waals surface area (Å²) in [6, 6.07) is 11.1. The maximum absolute atomic E-state index is 6.12. The van der Waals surface area contributed by atoms with Crippen molar-refractivity contribution in [2.45, 2.75) is 6.54 Å². The van der Waals surface area contributed by atoms with E-state index in [2.05, 4.69) is 4.98 Å². The quantitative estimate of drug-likeness (QED) is 0.874. The molecule has 18 heavy (non-hydrogen) atoms. The van der Waals surface area contributed by atoms with Crippen LogP contribution in [0.4, 0.5) is 11.5 Å². The van der Waals surface area contributed by atoms with Gasteiger partial charge in [-0.15, -0.1) is 0 Å². The summed E-state index contributed by atoms with van der Waals surface area (Å²) in [6.07, 6.45) is 0. The minimum atomic E-state index is 0.421. The smallest absolute Gasteiger partial charge is 0.153 e. The van der Waals surface area contributed by atoms with E-state index in [-0.39, 0.29) is 0 Å². The molecule has 0 unspecified atom stereocenters. The Morgan fingerprint density at radius 3 is 2.61 bits per heavy atom. The van der Waals surface area contributed by atoms with Gasteiger partial charge in [0.1, 0.15) is 5.15 Å². The standard InChI is InChI=1S/C13H13Cl2N3/c1-18(8-9-4-2-3-5-10(9)14)13-11(16)6-7-12(15)17-13/h2-7H,8,16H2,1H3. The van der Waals surface area contributed by atoms with Gasteiger partial charge >= 0.3 is 0 Å². The summed E-state index contributed by atoms with van der Waals surface area (Å²) in [5.41, 5.74) is 7.49. The van der Waals surface area contributed by atoms with Gasteiger partial charge in [0.05, 0.1) is 5.69 Å². The molecule has 1 aromatic heterocycles. The normalized spacial score (nSPS) is 10.4. The van der Waals surface area contributed by atoms with Crippen LogP contribution in [0, 0.1) is 0 Å². The molecule has 0 aliphatic heterocycles. The molecular formula is C13H13Cl2N3. The van der Waals surface area contributed by atoms with Crippen LogP contribution in [0.3, 0.4) is 0 Å². The summed E-state index contributed by atoms with van der Waals surface area (Å²) in [7, 11) is 1.90. The first-order chi connectivity index (χ1) is 8.58. The average molecular weight is 282 g/mol. The molecule has 0 radical (unpaired) electrons. The number of nitrogens with two attached hydrogens (primary N) is 1. The number of nitrogens with zero attached hydrogens (tertiary/aromatic N) is 2. The Hall–Kier alpha value is -1.45. The molecule has 0 saturated heterocycles. The predicted molar refractivity (Wildman–Crippen MR) is 77.2 cm³/mol. The lowest BCUT2D eigenvalue weighted by atomic mass is 10.2. The Balaban J connectivity index is 2.25. The van der Waals surface area contributed by atoms with Crippen LogP contribution in [0.2, 0.25) is 10.2 Å². The van der Waals surface area contributed by atoms with E-state index < -0.39 is 0 Å². The van der Waals surface area contributed by atoms with E-state index in [4.69, 9.17) is 28.9 Å². The molecule has 1 heterocycles. The maximum atomic E-state index is 6.12. The van der Waals surface area contributed by atoms with Crippen molar-refractivity contribution in [2.24, 2.45) is 0 Å². The monoisotopic (exact) mass is 281 g/mol. The second kappa shape index (κ2) is 5.46. The Labute approximate surface area is 116 Å². The van der Waals surface area contributed by atoms with Gasteiger partial charge in [-0.2, -0.15) is 0 Å². The van der Waals surface area contributed by atoms with Gasteiger partial charge < -0.3 is 10.6 Å². The molecule has 2 aromatic rings. The topological polar surface area (TPSA) is 42.2 Å². The highest BCUT2D eigenvalue weighted by molar-refractivity contribution is 6.31. The molecule has 0 spiro atoms. The van der Waals surface area contributed by atoms with Crippen LogP contribution in [0.15, 0.2) is 36.4 Å². The summed E-state index contributed by atoms with van der Waals surface area (Å²) in [6.45, 7) is 0.622. The fourth-order valence-corrected chi connectivity index (χ4v) is 2.04. The minimum absolute atomic E-state index is 0.421. The van der Waals surface area contributed by atoms with Gasteiger partial charge in [-0.25, -0.2) is 4.98 Å². The third kappa shape index (κ3) is 2.86. The Morgan fingerprint density at radius 1 is 1.17 bits per heavy atom. The van der Waals surface area contributed by atoms with E-state index >= 15 is 0 Å². The van der Waals surface area contributed by atoms with Crippen LogP contribution < -0.4 is 10.6 Å². The number of hydrogen-bond donors (Lipinski definition) is 1. The van der Waals surface area contributed by atoms with Crippen LogP contribution in [0.5, 0.6) is 0 Å². The molecular weight excluding hydrogens is 269 g/mol. The van der Waals surface area contributed by atoms with Crippen molar-refractivity contribution in [2.75, 3.05) is 17.7 Å². The summed E-state index contributed by atoms with van der Waals surface area (Å²) >= 11 is 12.0. The van der Waals surface area contributed by atoms with Crippen LogP contribution >= 0.6 is 23.2 Å². The van der Waals surface area contributed by atoms with E-state index in [0.29, 0.717) is 23.2 Å². The molecule has 0 amide bonds. The largest absolute Gasteiger partial charge is 0.396 e. The van der Waals surface area contributed by atoms with E-state index in [1.54, 1.807) is 12.1 Å². The zero-order valence-corrected chi connectivity index (χ0v) is 11.4. The third-order valence-electron chi connectivity index (χ3n) is 2.60. The van der Waals surface area contributed by atoms with Crippen LogP contribution in [-0.4, -0.2) is 12.0 Å². The number of anilines is 2. The third-order valence-corrected chi connectivity index (χ3v) is 3.18. The average Bonchev–Trinajstić information content (AvgIpc) is 2.35. The summed E-state index contributed by atoms with van der Waals surface area (Å²) in [4.78, 5) is 6.14. The molecule has 0 bridgehead atoms. The SMILES string of the molecule is CN(Cc1ccccc1Cl)c1nc(Cl)ccc1N. The lowest BCUT2D eigenvalue weighted by Gasteiger charge is -2.20. The summed E-state index contributed by atoms with van der Waals surface area (Å²) in [5, 5.41) is 1.15. The highest BCUT2D eigenvalue weighted by Gasteiger charge is 2.10. The number of aromatic nitrogens is 1. The Bertz CT molecular complexity index is 558. The first-order valence-electron chi connectivity index (χ1n) is 5.44. The van der Waals surface area contributed by atoms with Crippen molar-refractivity contribution in [3.63, 3.8) is 0 Å². The van der Waals surface area contributed by atoms with Gasteiger partial charge in [0.15, 0.2) is 5.82 Å². The van der Waals surface area contributed by atoms with E-state index in [1.807, 2.05) is 36.2 Å². The number of hydrogen-bond acceptors (Lipinski definition) is 3. The zero-order chi connectivity index (χ0) is 13.1. The van der Waals surface area contributed by atoms with Crippen LogP contribution in [0.25, 0.3) is 0 Å². The second-order valence-electron chi connectivity index (χ2n) is 3.99. The highest BCUT2D eigenvalue weighted by Crippen LogP contribution is 2.25. The highest BCUT2D eigenvalue weighted by atomic mass is 35.5. The molecule has 0 fully saturated rings. The van der Waals surface area contributed by atoms with Crippen LogP contribution in [-0.2, 0) is 6.54 Å². The Morgan fingerprint density at radius 2 is 1.89 bits per heavy atom. The first-order valence-corrected chi connectivity index (χ1v) is 6.20. The summed E-state index contributed by atoms with van der Waals surface area (Å²) in [5.74, 6) is 0.655. The lowest BCUT2D eigenvalue weighted by molar-refractivity contribution is 0.900. The predicted octanol–water partition coefficient (Wildman–Crippen LogP) is 3.61. The molecule has 0 aliphatic carbocycles. The Kier molecular flexibility index (Phi) is 3.94. The van der Waals surface area contributed by atoms with E-state index in [1.165, 1.54) is 0 Å². The number of benzene rings is 1. The van der Waals surface area contributed by atoms with Crippen molar-refractivity contribution in [1.82, 2.24) is 4.98 Å². The van der Waals surface area contributed by atoms with Crippen LogP contribution in [0.1, 0.15) is 5.56 Å². The van der Waals surface area contributed by atoms with Crippen molar-refractivity contribution >= 4 is 34.7 Å². The molecule has 0 aliphatic rings. The molecule has 0 atom stereocenters. The molecule has 5 heteroatoms. The van der Waals surface area contributed by atoms with Crippen molar-refractivity contribution in [3.8, 4) is 0 Å². The number of halogens is 2. The van der Waals surface area contributed by atoms with E-state index in [0.717, 1.165) is 10.6 Å². The van der Waals surface area contributed by atoms with E-state index in [9.17, 15) is 0 Å². The fourth-order valence-electron chi connectivity index (χ4n) is 1.70. The maximum Gasteiger partial charge on any atom is 0.153 e. The van der Waals surface area contributed by atoms with Crippen molar-refractivity contribution < 1.29 is 0 Å². The minimum Gasteiger partial charge on any atom is -0.396 e. The van der Waals surface area contributed by atoms with Gasteiger partial charge in [-0.3, -0.25) is 0 Å². The summed E-state index contributed by atoms with van der Waals surface area (Å²) < 4.78 is 0. The molecule has 3 nitrogen and oxygen atoms in total. The molecule has 2 rings (SSSR count). The lowest BCUT2D eigenvalue weighted by Crippen LogP contribution is -2.19. The fraction of sp³-hybridized carbons (Fsp3) is 0.154. The zero-order valence-electron chi connectivity index (χ0n) is 9.90. The molecule has 0 saturated carbocycles. The molecule has 2 N–H and O–H groups in total. The second-order valence-corrected chi connectivity index (χ2v) is 4.79. The van der Waals surface area contributed by atoms with Gasteiger partial charge in [0, 0.05) is 18.6 Å².